The number of ether oxygens (including phenoxy) is 1. The zero-order valence-corrected chi connectivity index (χ0v) is 16.0. The van der Waals surface area contributed by atoms with E-state index in [4.69, 9.17) is 16.3 Å². The van der Waals surface area contributed by atoms with E-state index in [1.54, 1.807) is 30.3 Å². The van der Waals surface area contributed by atoms with Crippen molar-refractivity contribution in [3.8, 4) is 16.9 Å². The standard InChI is InChI=1S/C19H14ClF3O4S/c1-26-18-10-13(20)5-7-17(18)16-4-2-3-12-9-14(6-8-15(12)16)28(24,25)27-11-19(21,22)23/h2-10H,11H2,1H3. The first-order valence-corrected chi connectivity index (χ1v) is 9.72. The summed E-state index contributed by atoms with van der Waals surface area (Å²) in [6.45, 7) is -1.88. The number of hydrogen-bond donors (Lipinski definition) is 0. The van der Waals surface area contributed by atoms with Gasteiger partial charge in [0.05, 0.1) is 12.0 Å². The molecule has 148 valence electrons. The molecule has 0 aliphatic rings. The minimum atomic E-state index is -4.75. The van der Waals surface area contributed by atoms with Gasteiger partial charge in [-0.15, -0.1) is 0 Å². The van der Waals surface area contributed by atoms with Gasteiger partial charge in [-0.1, -0.05) is 35.9 Å². The molecule has 0 radical (unpaired) electrons. The van der Waals surface area contributed by atoms with Gasteiger partial charge in [-0.05, 0) is 46.7 Å². The number of methoxy groups -OCH3 is 1. The lowest BCUT2D eigenvalue weighted by Crippen LogP contribution is -2.20. The van der Waals surface area contributed by atoms with E-state index < -0.39 is 22.9 Å². The van der Waals surface area contributed by atoms with Gasteiger partial charge in [0.2, 0.25) is 0 Å². The summed E-state index contributed by atoms with van der Waals surface area (Å²) in [5.41, 5.74) is 1.49. The SMILES string of the molecule is COc1cc(Cl)ccc1-c1cccc2cc(S(=O)(=O)OCC(F)(F)F)ccc12. The number of fused-ring (bicyclic) bond motifs is 1. The van der Waals surface area contributed by atoms with Crippen LogP contribution in [0.1, 0.15) is 0 Å². The largest absolute Gasteiger partial charge is 0.496 e. The maximum absolute atomic E-state index is 12.3. The van der Waals surface area contributed by atoms with Crippen LogP contribution in [0.25, 0.3) is 21.9 Å². The highest BCUT2D eigenvalue weighted by atomic mass is 35.5. The summed E-state index contributed by atoms with van der Waals surface area (Å²) < 4.78 is 70.4. The fourth-order valence-electron chi connectivity index (χ4n) is 2.75. The summed E-state index contributed by atoms with van der Waals surface area (Å²) in [5.74, 6) is 0.533. The minimum Gasteiger partial charge on any atom is -0.496 e. The second kappa shape index (κ2) is 7.62. The molecule has 0 saturated heterocycles. The van der Waals surface area contributed by atoms with E-state index in [1.807, 2.05) is 6.07 Å². The van der Waals surface area contributed by atoms with E-state index in [2.05, 4.69) is 4.18 Å². The van der Waals surface area contributed by atoms with Gasteiger partial charge < -0.3 is 4.74 Å². The molecule has 3 aromatic carbocycles. The van der Waals surface area contributed by atoms with Crippen molar-refractivity contribution < 1.29 is 30.5 Å². The molecule has 0 aromatic heterocycles. The van der Waals surface area contributed by atoms with Crippen LogP contribution in [0.5, 0.6) is 5.75 Å². The maximum atomic E-state index is 12.3. The zero-order valence-electron chi connectivity index (χ0n) is 14.5. The van der Waals surface area contributed by atoms with Crippen molar-refractivity contribution in [2.45, 2.75) is 11.1 Å². The first-order valence-electron chi connectivity index (χ1n) is 7.93. The van der Waals surface area contributed by atoms with Crippen LogP contribution >= 0.6 is 11.6 Å². The summed E-state index contributed by atoms with van der Waals surface area (Å²) in [7, 11) is -3.04. The third-order valence-electron chi connectivity index (χ3n) is 3.97. The third-order valence-corrected chi connectivity index (χ3v) is 5.47. The Hall–Kier alpha value is -2.29. The second-order valence-electron chi connectivity index (χ2n) is 5.86. The molecular formula is C19H14ClF3O4S. The molecule has 0 spiro atoms. The van der Waals surface area contributed by atoms with Gasteiger partial charge >= 0.3 is 6.18 Å². The van der Waals surface area contributed by atoms with Crippen LogP contribution < -0.4 is 4.74 Å². The van der Waals surface area contributed by atoms with Crippen molar-refractivity contribution in [2.75, 3.05) is 13.7 Å². The predicted molar refractivity (Wildman–Crippen MR) is 100 cm³/mol. The molecule has 4 nitrogen and oxygen atoms in total. The molecule has 3 rings (SSSR count). The number of hydrogen-bond acceptors (Lipinski definition) is 4. The summed E-state index contributed by atoms with van der Waals surface area (Å²) in [4.78, 5) is -0.357. The predicted octanol–water partition coefficient (Wildman–Crippen LogP) is 5.44. The Morgan fingerprint density at radius 3 is 2.43 bits per heavy atom. The second-order valence-corrected chi connectivity index (χ2v) is 7.92. The molecule has 0 saturated carbocycles. The van der Waals surface area contributed by atoms with Crippen molar-refractivity contribution in [3.63, 3.8) is 0 Å². The van der Waals surface area contributed by atoms with E-state index in [-0.39, 0.29) is 4.90 Å². The van der Waals surface area contributed by atoms with Gasteiger partial charge in [-0.2, -0.15) is 21.6 Å². The molecule has 9 heteroatoms. The molecule has 0 atom stereocenters. The first kappa shape index (κ1) is 20.4. The lowest BCUT2D eigenvalue weighted by Gasteiger charge is -2.13. The third kappa shape index (κ3) is 4.40. The zero-order chi connectivity index (χ0) is 20.5. The minimum absolute atomic E-state index is 0.357. The Labute approximate surface area is 164 Å². The number of rotatable bonds is 5. The summed E-state index contributed by atoms with van der Waals surface area (Å²) in [6, 6.07) is 14.3. The fourth-order valence-corrected chi connectivity index (χ4v) is 3.85. The maximum Gasteiger partial charge on any atom is 0.413 e. The Morgan fingerprint density at radius 1 is 1.00 bits per heavy atom. The number of benzene rings is 3. The molecule has 0 aliphatic heterocycles. The van der Waals surface area contributed by atoms with E-state index in [9.17, 15) is 21.6 Å². The van der Waals surface area contributed by atoms with Crippen molar-refractivity contribution in [3.05, 3.63) is 59.6 Å². The molecule has 0 fully saturated rings. The average molecular weight is 431 g/mol. The first-order chi connectivity index (χ1) is 13.1. The van der Waals surface area contributed by atoms with Crippen molar-refractivity contribution in [1.82, 2.24) is 0 Å². The molecule has 3 aromatic rings. The Kier molecular flexibility index (Phi) is 5.56. The van der Waals surface area contributed by atoms with Crippen LogP contribution in [0, 0.1) is 0 Å². The monoisotopic (exact) mass is 430 g/mol. The highest BCUT2D eigenvalue weighted by Gasteiger charge is 2.31. The van der Waals surface area contributed by atoms with Gasteiger partial charge in [0.15, 0.2) is 6.61 Å². The highest BCUT2D eigenvalue weighted by Crippen LogP contribution is 2.37. The van der Waals surface area contributed by atoms with Crippen molar-refractivity contribution in [2.24, 2.45) is 0 Å². The Bertz CT molecular complexity index is 1130. The van der Waals surface area contributed by atoms with Crippen molar-refractivity contribution >= 4 is 32.5 Å². The molecule has 0 unspecified atom stereocenters. The molecule has 0 aliphatic carbocycles. The molecular weight excluding hydrogens is 417 g/mol. The molecule has 0 amide bonds. The number of halogens is 4. The van der Waals surface area contributed by atoms with E-state index in [0.717, 1.165) is 11.1 Å². The smallest absolute Gasteiger partial charge is 0.413 e. The van der Waals surface area contributed by atoms with E-state index >= 15 is 0 Å². The van der Waals surface area contributed by atoms with Gasteiger partial charge in [-0.3, -0.25) is 4.18 Å². The topological polar surface area (TPSA) is 52.6 Å². The molecule has 28 heavy (non-hydrogen) atoms. The summed E-state index contributed by atoms with van der Waals surface area (Å²) in [6.07, 6.45) is -4.75. The van der Waals surface area contributed by atoms with Crippen molar-refractivity contribution in [1.29, 1.82) is 0 Å². The summed E-state index contributed by atoms with van der Waals surface area (Å²) in [5, 5.41) is 1.71. The normalized spacial score (nSPS) is 12.3. The van der Waals surface area contributed by atoms with Crippen LogP contribution in [0.3, 0.4) is 0 Å². The molecule has 0 heterocycles. The molecule has 0 bridgehead atoms. The quantitative estimate of drug-likeness (QED) is 0.506. The van der Waals surface area contributed by atoms with Crippen LogP contribution in [-0.4, -0.2) is 28.3 Å². The van der Waals surface area contributed by atoms with Gasteiger partial charge in [0.25, 0.3) is 10.1 Å². The number of alkyl halides is 3. The highest BCUT2D eigenvalue weighted by molar-refractivity contribution is 7.86. The van der Waals surface area contributed by atoms with Gasteiger partial charge in [0.1, 0.15) is 5.75 Å². The van der Waals surface area contributed by atoms with Gasteiger partial charge in [0, 0.05) is 10.6 Å². The summed E-state index contributed by atoms with van der Waals surface area (Å²) >= 11 is 5.99. The van der Waals surface area contributed by atoms with E-state index in [1.165, 1.54) is 25.3 Å². The van der Waals surface area contributed by atoms with Crippen LogP contribution in [-0.2, 0) is 14.3 Å². The average Bonchev–Trinajstić information content (AvgIpc) is 2.65. The fraction of sp³-hybridized carbons (Fsp3) is 0.158. The van der Waals surface area contributed by atoms with Crippen LogP contribution in [0.4, 0.5) is 13.2 Å². The Balaban J connectivity index is 2.07. The lowest BCUT2D eigenvalue weighted by molar-refractivity contribution is -0.152. The van der Waals surface area contributed by atoms with Gasteiger partial charge in [-0.25, -0.2) is 0 Å². The lowest BCUT2D eigenvalue weighted by atomic mass is 9.97. The molecule has 0 N–H and O–H groups in total. The van der Waals surface area contributed by atoms with Crippen LogP contribution in [0.2, 0.25) is 5.02 Å². The Morgan fingerprint density at radius 2 is 1.75 bits per heavy atom. The van der Waals surface area contributed by atoms with Crippen LogP contribution in [0.15, 0.2) is 59.5 Å². The van der Waals surface area contributed by atoms with E-state index in [0.29, 0.717) is 21.5 Å².